The summed E-state index contributed by atoms with van der Waals surface area (Å²) in [6.45, 7) is 1.16. The van der Waals surface area contributed by atoms with Crippen molar-refractivity contribution in [1.82, 2.24) is 4.98 Å². The first-order valence-electron chi connectivity index (χ1n) is 6.11. The highest BCUT2D eigenvalue weighted by Gasteiger charge is 2.18. The second kappa shape index (κ2) is 5.72. The number of fused-ring (bicyclic) bond motifs is 1. The topological polar surface area (TPSA) is 16.1 Å². The van der Waals surface area contributed by atoms with Gasteiger partial charge < -0.3 is 4.90 Å². The average molecular weight is 281 g/mol. The van der Waals surface area contributed by atoms with Crippen LogP contribution in [0.15, 0.2) is 30.3 Å². The number of halogens is 1. The maximum absolute atomic E-state index is 4.81. The molecule has 3 rings (SSSR count). The highest BCUT2D eigenvalue weighted by atomic mass is 35.5. The standard InChI is InChI=1S/C14H16N2S.ClH/c1-16-10-6-5-9-12-14(16)17-13(15-12)11-7-3-2-4-8-11;/h2-4,7-8H,5-6,9-10H2,1H3;1H. The van der Waals surface area contributed by atoms with Crippen LogP contribution in [0.3, 0.4) is 0 Å². The minimum atomic E-state index is 0. The molecule has 2 nitrogen and oxygen atoms in total. The van der Waals surface area contributed by atoms with Crippen molar-refractivity contribution in [2.45, 2.75) is 19.3 Å². The lowest BCUT2D eigenvalue weighted by molar-refractivity contribution is 0.745. The predicted molar refractivity (Wildman–Crippen MR) is 81.0 cm³/mol. The van der Waals surface area contributed by atoms with Crippen LogP contribution in [-0.4, -0.2) is 18.6 Å². The minimum Gasteiger partial charge on any atom is -0.365 e. The Hall–Kier alpha value is -1.06. The number of rotatable bonds is 1. The molecule has 0 amide bonds. The monoisotopic (exact) mass is 280 g/mol. The number of hydrogen-bond acceptors (Lipinski definition) is 3. The van der Waals surface area contributed by atoms with Crippen molar-refractivity contribution in [3.63, 3.8) is 0 Å². The van der Waals surface area contributed by atoms with E-state index in [-0.39, 0.29) is 12.4 Å². The Morgan fingerprint density at radius 1 is 1.17 bits per heavy atom. The third kappa shape index (κ3) is 2.52. The summed E-state index contributed by atoms with van der Waals surface area (Å²) in [5.41, 5.74) is 2.52. The van der Waals surface area contributed by atoms with E-state index < -0.39 is 0 Å². The molecule has 0 spiro atoms. The van der Waals surface area contributed by atoms with Crippen LogP contribution in [-0.2, 0) is 6.42 Å². The maximum atomic E-state index is 4.81. The molecule has 0 saturated carbocycles. The van der Waals surface area contributed by atoms with E-state index >= 15 is 0 Å². The summed E-state index contributed by atoms with van der Waals surface area (Å²) in [6, 6.07) is 10.5. The molecule has 0 bridgehead atoms. The van der Waals surface area contributed by atoms with Crippen molar-refractivity contribution >= 4 is 28.7 Å². The summed E-state index contributed by atoms with van der Waals surface area (Å²) < 4.78 is 0. The molecule has 2 aromatic rings. The van der Waals surface area contributed by atoms with Crippen LogP contribution in [0.4, 0.5) is 5.00 Å². The van der Waals surface area contributed by atoms with Gasteiger partial charge in [0.05, 0.1) is 5.69 Å². The summed E-state index contributed by atoms with van der Waals surface area (Å²) in [6.07, 6.45) is 3.67. The van der Waals surface area contributed by atoms with Gasteiger partial charge in [0.15, 0.2) is 0 Å². The molecule has 0 aliphatic carbocycles. The lowest BCUT2D eigenvalue weighted by Gasteiger charge is -2.14. The SMILES string of the molecule is CN1CCCCc2nc(-c3ccccc3)sc21.Cl. The summed E-state index contributed by atoms with van der Waals surface area (Å²) >= 11 is 1.82. The van der Waals surface area contributed by atoms with Gasteiger partial charge in [-0.15, -0.1) is 12.4 Å². The molecule has 96 valence electrons. The van der Waals surface area contributed by atoms with Gasteiger partial charge in [-0.25, -0.2) is 4.98 Å². The zero-order chi connectivity index (χ0) is 11.7. The van der Waals surface area contributed by atoms with Crippen LogP contribution in [0.2, 0.25) is 0 Å². The second-order valence-corrected chi connectivity index (χ2v) is 5.49. The van der Waals surface area contributed by atoms with E-state index in [4.69, 9.17) is 4.98 Å². The quantitative estimate of drug-likeness (QED) is 0.785. The molecule has 0 fully saturated rings. The molecule has 0 N–H and O–H groups in total. The lowest BCUT2D eigenvalue weighted by atomic mass is 10.2. The van der Waals surface area contributed by atoms with Gasteiger partial charge in [0.1, 0.15) is 10.0 Å². The third-order valence-corrected chi connectivity index (χ3v) is 4.46. The molecule has 0 unspecified atom stereocenters. The fraction of sp³-hybridized carbons (Fsp3) is 0.357. The summed E-state index contributed by atoms with van der Waals surface area (Å²) in [5.74, 6) is 0. The Bertz CT molecular complexity index is 510. The number of hydrogen-bond donors (Lipinski definition) is 0. The molecule has 0 radical (unpaired) electrons. The number of benzene rings is 1. The van der Waals surface area contributed by atoms with Crippen molar-refractivity contribution < 1.29 is 0 Å². The first kappa shape index (κ1) is 13.4. The van der Waals surface area contributed by atoms with E-state index in [9.17, 15) is 0 Å². The minimum absolute atomic E-state index is 0. The smallest absolute Gasteiger partial charge is 0.125 e. The van der Waals surface area contributed by atoms with E-state index in [2.05, 4.69) is 36.2 Å². The largest absolute Gasteiger partial charge is 0.365 e. The van der Waals surface area contributed by atoms with Gasteiger partial charge in [-0.2, -0.15) is 0 Å². The van der Waals surface area contributed by atoms with E-state index in [0.29, 0.717) is 0 Å². The molecule has 0 saturated heterocycles. The van der Waals surface area contributed by atoms with E-state index in [1.54, 1.807) is 0 Å². The Balaban J connectivity index is 0.00000120. The number of anilines is 1. The van der Waals surface area contributed by atoms with Gasteiger partial charge in [-0.3, -0.25) is 0 Å². The van der Waals surface area contributed by atoms with Crippen LogP contribution >= 0.6 is 23.7 Å². The molecule has 1 aliphatic heterocycles. The highest BCUT2D eigenvalue weighted by Crippen LogP contribution is 2.36. The zero-order valence-electron chi connectivity index (χ0n) is 10.4. The Kier molecular flexibility index (Phi) is 4.25. The maximum Gasteiger partial charge on any atom is 0.125 e. The van der Waals surface area contributed by atoms with Crippen molar-refractivity contribution in [3.05, 3.63) is 36.0 Å². The molecule has 2 heterocycles. The number of aromatic nitrogens is 1. The van der Waals surface area contributed by atoms with Gasteiger partial charge in [-0.05, 0) is 19.3 Å². The summed E-state index contributed by atoms with van der Waals surface area (Å²) in [5, 5.41) is 2.52. The first-order chi connectivity index (χ1) is 8.34. The second-order valence-electron chi connectivity index (χ2n) is 4.52. The normalized spacial score (nSPS) is 14.6. The molecule has 1 aliphatic rings. The van der Waals surface area contributed by atoms with Gasteiger partial charge in [0.25, 0.3) is 0 Å². The van der Waals surface area contributed by atoms with Gasteiger partial charge in [-0.1, -0.05) is 41.7 Å². The average Bonchev–Trinajstić information content (AvgIpc) is 2.72. The molecule has 18 heavy (non-hydrogen) atoms. The van der Waals surface area contributed by atoms with Crippen molar-refractivity contribution in [2.75, 3.05) is 18.5 Å². The third-order valence-electron chi connectivity index (χ3n) is 3.20. The van der Waals surface area contributed by atoms with Crippen molar-refractivity contribution in [2.24, 2.45) is 0 Å². The Morgan fingerprint density at radius 3 is 2.72 bits per heavy atom. The van der Waals surface area contributed by atoms with Gasteiger partial charge >= 0.3 is 0 Å². The Morgan fingerprint density at radius 2 is 1.94 bits per heavy atom. The number of aryl methyl sites for hydroxylation is 1. The molecular formula is C14H17ClN2S. The van der Waals surface area contributed by atoms with Crippen molar-refractivity contribution in [3.8, 4) is 10.6 Å². The van der Waals surface area contributed by atoms with Crippen LogP contribution < -0.4 is 4.90 Å². The van der Waals surface area contributed by atoms with Crippen LogP contribution in [0.1, 0.15) is 18.5 Å². The first-order valence-corrected chi connectivity index (χ1v) is 6.92. The lowest BCUT2D eigenvalue weighted by Crippen LogP contribution is -2.16. The zero-order valence-corrected chi connectivity index (χ0v) is 12.1. The van der Waals surface area contributed by atoms with Crippen molar-refractivity contribution in [1.29, 1.82) is 0 Å². The Labute approximate surface area is 118 Å². The fourth-order valence-corrected chi connectivity index (χ4v) is 3.36. The van der Waals surface area contributed by atoms with E-state index in [0.717, 1.165) is 18.0 Å². The predicted octanol–water partition coefficient (Wildman–Crippen LogP) is 4.00. The molecule has 1 aromatic heterocycles. The molecule has 0 atom stereocenters. The number of thiazole rings is 1. The summed E-state index contributed by atoms with van der Waals surface area (Å²) in [4.78, 5) is 7.16. The number of nitrogens with zero attached hydrogens (tertiary/aromatic N) is 2. The highest BCUT2D eigenvalue weighted by molar-refractivity contribution is 7.19. The molecular weight excluding hydrogens is 264 g/mol. The van der Waals surface area contributed by atoms with Gasteiger partial charge in [0.2, 0.25) is 0 Å². The van der Waals surface area contributed by atoms with Crippen LogP contribution in [0.25, 0.3) is 10.6 Å². The summed E-state index contributed by atoms with van der Waals surface area (Å²) in [7, 11) is 2.18. The van der Waals surface area contributed by atoms with Crippen LogP contribution in [0.5, 0.6) is 0 Å². The van der Waals surface area contributed by atoms with E-state index in [1.807, 2.05) is 17.4 Å². The molecule has 1 aromatic carbocycles. The van der Waals surface area contributed by atoms with Gasteiger partial charge in [0, 0.05) is 19.2 Å². The molecule has 4 heteroatoms. The van der Waals surface area contributed by atoms with Crippen LogP contribution in [0, 0.1) is 0 Å². The fourth-order valence-electron chi connectivity index (χ4n) is 2.25. The van der Waals surface area contributed by atoms with E-state index in [1.165, 1.54) is 29.1 Å².